The van der Waals surface area contributed by atoms with Crippen LogP contribution >= 0.6 is 0 Å². The molecule has 0 atom stereocenters. The first kappa shape index (κ1) is 20.1. The highest BCUT2D eigenvalue weighted by Crippen LogP contribution is 2.38. The van der Waals surface area contributed by atoms with Gasteiger partial charge in [0.25, 0.3) is 0 Å². The molecule has 0 aliphatic rings. The van der Waals surface area contributed by atoms with Crippen molar-refractivity contribution in [1.29, 1.82) is 0 Å². The molecule has 4 aromatic rings. The summed E-state index contributed by atoms with van der Waals surface area (Å²) >= 11 is 0. The van der Waals surface area contributed by atoms with Crippen LogP contribution in [-0.4, -0.2) is 16.8 Å². The van der Waals surface area contributed by atoms with Crippen molar-refractivity contribution in [3.05, 3.63) is 109 Å². The number of benzene rings is 4. The standard InChI is InChI=1S/C24H18O4S2/c25-29(26,20-13-6-2-7-14-20)23-18-10-17-22(19-11-4-1-5-12-19)24(23)30(27,28)21-15-8-3-9-16-21/h1-18H. The van der Waals surface area contributed by atoms with Crippen molar-refractivity contribution in [3.63, 3.8) is 0 Å². The van der Waals surface area contributed by atoms with Gasteiger partial charge in [-0.25, -0.2) is 16.8 Å². The maximum absolute atomic E-state index is 13.7. The lowest BCUT2D eigenvalue weighted by atomic mass is 10.1. The zero-order valence-corrected chi connectivity index (χ0v) is 17.5. The second-order valence-corrected chi connectivity index (χ2v) is 10.4. The molecule has 6 heteroatoms. The normalized spacial score (nSPS) is 11.9. The first-order valence-electron chi connectivity index (χ1n) is 9.21. The van der Waals surface area contributed by atoms with Crippen LogP contribution in [0.1, 0.15) is 0 Å². The Labute approximate surface area is 176 Å². The van der Waals surface area contributed by atoms with E-state index in [1.54, 1.807) is 72.8 Å². The smallest absolute Gasteiger partial charge is 0.208 e. The van der Waals surface area contributed by atoms with Gasteiger partial charge in [0.05, 0.1) is 19.6 Å². The zero-order chi connectivity index (χ0) is 21.2. The molecule has 0 heterocycles. The lowest BCUT2D eigenvalue weighted by molar-refractivity contribution is 0.583. The Morgan fingerprint density at radius 2 is 0.900 bits per heavy atom. The van der Waals surface area contributed by atoms with Crippen LogP contribution < -0.4 is 0 Å². The Bertz CT molecular complexity index is 1380. The second-order valence-electron chi connectivity index (χ2n) is 6.63. The van der Waals surface area contributed by atoms with E-state index in [9.17, 15) is 16.8 Å². The van der Waals surface area contributed by atoms with Gasteiger partial charge in [0.2, 0.25) is 19.7 Å². The second kappa shape index (κ2) is 7.89. The van der Waals surface area contributed by atoms with Crippen LogP contribution in [0.2, 0.25) is 0 Å². The molecule has 0 saturated carbocycles. The summed E-state index contributed by atoms with van der Waals surface area (Å²) in [5.41, 5.74) is 0.966. The van der Waals surface area contributed by atoms with Crippen LogP contribution in [0, 0.1) is 0 Å². The van der Waals surface area contributed by atoms with Crippen molar-refractivity contribution in [3.8, 4) is 11.1 Å². The van der Waals surface area contributed by atoms with Crippen molar-refractivity contribution in [2.45, 2.75) is 19.6 Å². The molecular formula is C24H18O4S2. The first-order valence-corrected chi connectivity index (χ1v) is 12.2. The van der Waals surface area contributed by atoms with Gasteiger partial charge in [0.15, 0.2) is 0 Å². The van der Waals surface area contributed by atoms with Gasteiger partial charge in [-0.05, 0) is 35.9 Å². The molecule has 0 aromatic heterocycles. The minimum absolute atomic E-state index is 0.0397. The molecule has 0 saturated heterocycles. The molecule has 0 radical (unpaired) electrons. The molecule has 0 spiro atoms. The van der Waals surface area contributed by atoms with Gasteiger partial charge in [0, 0.05) is 5.56 Å². The third kappa shape index (κ3) is 3.56. The van der Waals surface area contributed by atoms with Gasteiger partial charge >= 0.3 is 0 Å². The van der Waals surface area contributed by atoms with Crippen LogP contribution in [-0.2, 0) is 19.7 Å². The molecule has 0 unspecified atom stereocenters. The summed E-state index contributed by atoms with van der Waals surface area (Å²) in [6.45, 7) is 0. The van der Waals surface area contributed by atoms with Crippen LogP contribution in [0.5, 0.6) is 0 Å². The van der Waals surface area contributed by atoms with Gasteiger partial charge in [-0.1, -0.05) is 78.9 Å². The average molecular weight is 435 g/mol. The largest absolute Gasteiger partial charge is 0.218 e. The molecule has 0 aliphatic heterocycles. The quantitative estimate of drug-likeness (QED) is 0.442. The molecule has 150 valence electrons. The third-order valence-corrected chi connectivity index (χ3v) is 8.54. The minimum atomic E-state index is -4.12. The number of hydrogen-bond acceptors (Lipinski definition) is 4. The summed E-state index contributed by atoms with van der Waals surface area (Å²) in [5, 5.41) is 0. The summed E-state index contributed by atoms with van der Waals surface area (Å²) in [6.07, 6.45) is 0. The molecule has 4 aromatic carbocycles. The molecule has 0 fully saturated rings. The van der Waals surface area contributed by atoms with Crippen LogP contribution in [0.15, 0.2) is 129 Å². The predicted octanol–water partition coefficient (Wildman–Crippen LogP) is 5.02. The fraction of sp³-hybridized carbons (Fsp3) is 0. The number of hydrogen-bond donors (Lipinski definition) is 0. The molecule has 0 amide bonds. The summed E-state index contributed by atoms with van der Waals surface area (Å²) in [7, 11) is -8.19. The number of rotatable bonds is 5. The zero-order valence-electron chi connectivity index (χ0n) is 15.8. The molecule has 0 N–H and O–H groups in total. The van der Waals surface area contributed by atoms with E-state index in [2.05, 4.69) is 0 Å². The third-order valence-electron chi connectivity index (χ3n) is 4.73. The Morgan fingerprint density at radius 1 is 0.433 bits per heavy atom. The van der Waals surface area contributed by atoms with E-state index < -0.39 is 19.7 Å². The predicted molar refractivity (Wildman–Crippen MR) is 116 cm³/mol. The fourth-order valence-electron chi connectivity index (χ4n) is 3.29. The summed E-state index contributed by atoms with van der Waals surface area (Å²) in [6, 6.07) is 29.2. The van der Waals surface area contributed by atoms with Crippen molar-refractivity contribution >= 4 is 19.7 Å². The van der Waals surface area contributed by atoms with Gasteiger partial charge in [0.1, 0.15) is 0 Å². The Balaban J connectivity index is 2.09. The molecular weight excluding hydrogens is 416 g/mol. The van der Waals surface area contributed by atoms with Gasteiger partial charge in [-0.3, -0.25) is 0 Å². The van der Waals surface area contributed by atoms with E-state index in [0.717, 1.165) is 0 Å². The van der Waals surface area contributed by atoms with Crippen molar-refractivity contribution in [2.75, 3.05) is 0 Å². The number of sulfone groups is 2. The molecule has 0 aliphatic carbocycles. The summed E-state index contributed by atoms with van der Waals surface area (Å²) in [4.78, 5) is -0.372. The topological polar surface area (TPSA) is 68.3 Å². The van der Waals surface area contributed by atoms with Crippen molar-refractivity contribution in [2.24, 2.45) is 0 Å². The van der Waals surface area contributed by atoms with Gasteiger partial charge in [-0.15, -0.1) is 0 Å². The summed E-state index contributed by atoms with van der Waals surface area (Å²) < 4.78 is 54.2. The SMILES string of the molecule is O=S(=O)(c1ccccc1)c1cccc(-c2ccccc2)c1S(=O)(=O)c1ccccc1. The maximum Gasteiger partial charge on any atom is 0.208 e. The fourth-order valence-corrected chi connectivity index (χ4v) is 6.89. The van der Waals surface area contributed by atoms with Gasteiger partial charge in [-0.2, -0.15) is 0 Å². The van der Waals surface area contributed by atoms with E-state index in [1.807, 2.05) is 6.07 Å². The molecule has 30 heavy (non-hydrogen) atoms. The Hall–Kier alpha value is -3.22. The highest BCUT2D eigenvalue weighted by atomic mass is 32.2. The lowest BCUT2D eigenvalue weighted by Gasteiger charge is -2.16. The van der Waals surface area contributed by atoms with E-state index in [4.69, 9.17) is 0 Å². The van der Waals surface area contributed by atoms with E-state index in [1.165, 1.54) is 30.3 Å². The van der Waals surface area contributed by atoms with Crippen molar-refractivity contribution < 1.29 is 16.8 Å². The Morgan fingerprint density at radius 3 is 1.43 bits per heavy atom. The monoisotopic (exact) mass is 434 g/mol. The Kier molecular flexibility index (Phi) is 5.28. The molecule has 4 nitrogen and oxygen atoms in total. The average Bonchev–Trinajstić information content (AvgIpc) is 2.80. The van der Waals surface area contributed by atoms with Crippen LogP contribution in [0.3, 0.4) is 0 Å². The minimum Gasteiger partial charge on any atom is -0.218 e. The maximum atomic E-state index is 13.7. The highest BCUT2D eigenvalue weighted by molar-refractivity contribution is 7.94. The summed E-state index contributed by atoms with van der Waals surface area (Å²) in [5.74, 6) is 0. The van der Waals surface area contributed by atoms with Crippen LogP contribution in [0.25, 0.3) is 11.1 Å². The molecule has 4 rings (SSSR count). The first-order chi connectivity index (χ1) is 14.4. The van der Waals surface area contributed by atoms with Crippen molar-refractivity contribution in [1.82, 2.24) is 0 Å². The van der Waals surface area contributed by atoms with Gasteiger partial charge < -0.3 is 0 Å². The highest BCUT2D eigenvalue weighted by Gasteiger charge is 2.32. The van der Waals surface area contributed by atoms with E-state index in [0.29, 0.717) is 11.1 Å². The van der Waals surface area contributed by atoms with E-state index in [-0.39, 0.29) is 19.6 Å². The molecule has 0 bridgehead atoms. The van der Waals surface area contributed by atoms with Crippen LogP contribution in [0.4, 0.5) is 0 Å². The lowest BCUT2D eigenvalue weighted by Crippen LogP contribution is -2.12. The van der Waals surface area contributed by atoms with E-state index >= 15 is 0 Å².